The normalized spacial score (nSPS) is 25.7. The molecule has 1 saturated heterocycles. The zero-order chi connectivity index (χ0) is 18.9. The second-order valence-electron chi connectivity index (χ2n) is 8.41. The molecule has 2 heterocycles. The quantitative estimate of drug-likeness (QED) is 0.245. The van der Waals surface area contributed by atoms with Gasteiger partial charge in [0, 0.05) is 54.2 Å². The summed E-state index contributed by atoms with van der Waals surface area (Å²) in [5, 5.41) is 8.44. The lowest BCUT2D eigenvalue weighted by molar-refractivity contribution is -0.106. The highest BCUT2D eigenvalue weighted by atomic mass is 127. The van der Waals surface area contributed by atoms with E-state index in [1.54, 1.807) is 0 Å². The van der Waals surface area contributed by atoms with Crippen molar-refractivity contribution >= 4 is 40.8 Å². The Morgan fingerprint density at radius 3 is 2.96 bits per heavy atom. The number of nitrogens with one attached hydrogen (secondary N) is 3. The fourth-order valence-electron chi connectivity index (χ4n) is 4.88. The van der Waals surface area contributed by atoms with Gasteiger partial charge < -0.3 is 20.4 Å². The number of guanidine groups is 1. The van der Waals surface area contributed by atoms with E-state index in [-0.39, 0.29) is 29.4 Å². The van der Waals surface area contributed by atoms with Gasteiger partial charge in [-0.15, -0.1) is 24.0 Å². The van der Waals surface area contributed by atoms with Gasteiger partial charge in [-0.25, -0.2) is 0 Å². The van der Waals surface area contributed by atoms with Gasteiger partial charge in [-0.1, -0.05) is 32.0 Å². The van der Waals surface area contributed by atoms with Crippen molar-refractivity contribution in [2.24, 2.45) is 16.3 Å². The predicted octanol–water partition coefficient (Wildman–Crippen LogP) is 4.09. The minimum Gasteiger partial charge on any atom is -0.377 e. The van der Waals surface area contributed by atoms with Crippen LogP contribution in [0.1, 0.15) is 39.2 Å². The van der Waals surface area contributed by atoms with Crippen LogP contribution in [-0.2, 0) is 11.2 Å². The van der Waals surface area contributed by atoms with Crippen LogP contribution in [0.3, 0.4) is 0 Å². The van der Waals surface area contributed by atoms with Crippen LogP contribution < -0.4 is 10.6 Å². The summed E-state index contributed by atoms with van der Waals surface area (Å²) in [7, 11) is 0. The lowest BCUT2D eigenvalue weighted by atomic mass is 9.57. The van der Waals surface area contributed by atoms with Crippen molar-refractivity contribution in [2.45, 2.75) is 52.2 Å². The number of aliphatic imine (C=N–C) groups is 1. The number of fused-ring (bicyclic) bond motifs is 2. The van der Waals surface area contributed by atoms with Crippen molar-refractivity contribution in [3.05, 3.63) is 36.0 Å². The number of aryl methyl sites for hydroxylation is 1. The Bertz CT molecular complexity index is 816. The summed E-state index contributed by atoms with van der Waals surface area (Å²) < 4.78 is 5.91. The highest BCUT2D eigenvalue weighted by molar-refractivity contribution is 14.0. The van der Waals surface area contributed by atoms with E-state index in [9.17, 15) is 0 Å². The van der Waals surface area contributed by atoms with E-state index in [2.05, 4.69) is 66.9 Å². The van der Waals surface area contributed by atoms with Gasteiger partial charge in [-0.2, -0.15) is 0 Å². The SMILES string of the molecule is CCNC(=NCCCc1c[nH]c2ccccc12)NC1C2CCOC2C1(C)C.I. The molecule has 0 amide bonds. The maximum atomic E-state index is 5.91. The lowest BCUT2D eigenvalue weighted by Gasteiger charge is -2.54. The third-order valence-electron chi connectivity index (χ3n) is 6.29. The van der Waals surface area contributed by atoms with Crippen LogP contribution in [0.5, 0.6) is 0 Å². The van der Waals surface area contributed by atoms with E-state index in [0.29, 0.717) is 18.1 Å². The van der Waals surface area contributed by atoms with E-state index in [1.807, 2.05) is 0 Å². The maximum absolute atomic E-state index is 5.91. The number of rotatable bonds is 6. The zero-order valence-corrected chi connectivity index (χ0v) is 19.5. The Hall–Kier alpha value is -1.28. The average Bonchev–Trinajstić information content (AvgIpc) is 3.29. The molecule has 1 aliphatic heterocycles. The second kappa shape index (κ2) is 9.03. The molecule has 1 saturated carbocycles. The number of aromatic nitrogens is 1. The first kappa shape index (κ1) is 21.4. The summed E-state index contributed by atoms with van der Waals surface area (Å²) in [6.45, 7) is 9.33. The van der Waals surface area contributed by atoms with Crippen LogP contribution in [0, 0.1) is 11.3 Å². The maximum Gasteiger partial charge on any atom is 0.191 e. The number of hydrogen-bond donors (Lipinski definition) is 3. The molecule has 0 bridgehead atoms. The van der Waals surface area contributed by atoms with Crippen molar-refractivity contribution in [1.29, 1.82) is 0 Å². The lowest BCUT2D eigenvalue weighted by Crippen LogP contribution is -2.67. The molecular formula is C22H33IN4O. The molecular weight excluding hydrogens is 463 g/mol. The first-order chi connectivity index (χ1) is 13.1. The first-order valence-electron chi connectivity index (χ1n) is 10.3. The summed E-state index contributed by atoms with van der Waals surface area (Å²) in [5.74, 6) is 1.56. The average molecular weight is 496 g/mol. The fraction of sp³-hybridized carbons (Fsp3) is 0.591. The topological polar surface area (TPSA) is 61.4 Å². The van der Waals surface area contributed by atoms with Gasteiger partial charge in [0.1, 0.15) is 0 Å². The van der Waals surface area contributed by atoms with Crippen LogP contribution in [0.4, 0.5) is 0 Å². The Morgan fingerprint density at radius 1 is 1.32 bits per heavy atom. The van der Waals surface area contributed by atoms with Gasteiger partial charge in [-0.05, 0) is 37.8 Å². The molecule has 1 aliphatic carbocycles. The molecule has 154 valence electrons. The number of benzene rings is 1. The molecule has 1 aromatic heterocycles. The molecule has 28 heavy (non-hydrogen) atoms. The summed E-state index contributed by atoms with van der Waals surface area (Å²) >= 11 is 0. The van der Waals surface area contributed by atoms with Gasteiger partial charge in [0.15, 0.2) is 5.96 Å². The van der Waals surface area contributed by atoms with Crippen LogP contribution in [0.25, 0.3) is 10.9 Å². The first-order valence-corrected chi connectivity index (χ1v) is 10.3. The standard InChI is InChI=1S/C22H32N4O.HI/c1-4-23-21(26-19-17-11-13-27-20(17)22(19,2)3)24-12-7-8-15-14-25-18-10-6-5-9-16(15)18;/h5-6,9-10,14,17,19-20,25H,4,7-8,11-13H2,1-3H3,(H2,23,24,26);1H. The van der Waals surface area contributed by atoms with E-state index < -0.39 is 0 Å². The summed E-state index contributed by atoms with van der Waals surface area (Å²) in [6.07, 6.45) is 5.78. The fourth-order valence-corrected chi connectivity index (χ4v) is 4.88. The van der Waals surface area contributed by atoms with Crippen molar-refractivity contribution in [3.8, 4) is 0 Å². The molecule has 3 unspecified atom stereocenters. The zero-order valence-electron chi connectivity index (χ0n) is 17.1. The smallest absolute Gasteiger partial charge is 0.191 e. The summed E-state index contributed by atoms with van der Waals surface area (Å²) in [6, 6.07) is 8.94. The largest absolute Gasteiger partial charge is 0.377 e. The third kappa shape index (κ3) is 4.03. The van der Waals surface area contributed by atoms with Crippen LogP contribution in [0.15, 0.2) is 35.5 Å². The van der Waals surface area contributed by atoms with Crippen LogP contribution >= 0.6 is 24.0 Å². The van der Waals surface area contributed by atoms with E-state index in [4.69, 9.17) is 9.73 Å². The monoisotopic (exact) mass is 496 g/mol. The molecule has 2 aromatic rings. The molecule has 0 spiro atoms. The molecule has 6 heteroatoms. The Labute approximate surface area is 185 Å². The van der Waals surface area contributed by atoms with Gasteiger partial charge >= 0.3 is 0 Å². The molecule has 2 fully saturated rings. The summed E-state index contributed by atoms with van der Waals surface area (Å²) in [5.41, 5.74) is 2.76. The summed E-state index contributed by atoms with van der Waals surface area (Å²) in [4.78, 5) is 8.20. The van der Waals surface area contributed by atoms with E-state index in [1.165, 1.54) is 16.5 Å². The molecule has 3 atom stereocenters. The highest BCUT2D eigenvalue weighted by Crippen LogP contribution is 2.52. The number of nitrogens with zero attached hydrogens (tertiary/aromatic N) is 1. The third-order valence-corrected chi connectivity index (χ3v) is 6.29. The molecule has 2 aliphatic rings. The number of para-hydroxylation sites is 1. The van der Waals surface area contributed by atoms with Gasteiger partial charge in [-0.3, -0.25) is 4.99 Å². The van der Waals surface area contributed by atoms with Crippen molar-refractivity contribution in [1.82, 2.24) is 15.6 Å². The minimum absolute atomic E-state index is 0. The van der Waals surface area contributed by atoms with E-state index in [0.717, 1.165) is 44.9 Å². The number of ether oxygens (including phenoxy) is 1. The molecule has 1 aromatic carbocycles. The number of H-pyrrole nitrogens is 1. The van der Waals surface area contributed by atoms with Crippen molar-refractivity contribution < 1.29 is 4.74 Å². The Kier molecular flexibility index (Phi) is 6.91. The van der Waals surface area contributed by atoms with Crippen LogP contribution in [-0.4, -0.2) is 42.8 Å². The molecule has 0 radical (unpaired) electrons. The number of aromatic amines is 1. The Morgan fingerprint density at radius 2 is 2.14 bits per heavy atom. The minimum atomic E-state index is 0. The van der Waals surface area contributed by atoms with Crippen molar-refractivity contribution in [2.75, 3.05) is 19.7 Å². The number of hydrogen-bond acceptors (Lipinski definition) is 2. The van der Waals surface area contributed by atoms with Gasteiger partial charge in [0.25, 0.3) is 0 Å². The molecule has 5 nitrogen and oxygen atoms in total. The number of halogens is 1. The second-order valence-corrected chi connectivity index (χ2v) is 8.41. The van der Waals surface area contributed by atoms with Crippen LogP contribution in [0.2, 0.25) is 0 Å². The van der Waals surface area contributed by atoms with Crippen molar-refractivity contribution in [3.63, 3.8) is 0 Å². The molecule has 4 rings (SSSR count). The highest BCUT2D eigenvalue weighted by Gasteiger charge is 2.59. The van der Waals surface area contributed by atoms with Gasteiger partial charge in [0.2, 0.25) is 0 Å². The molecule has 3 N–H and O–H groups in total. The Balaban J connectivity index is 0.00000225. The predicted molar refractivity (Wildman–Crippen MR) is 127 cm³/mol. The van der Waals surface area contributed by atoms with E-state index >= 15 is 0 Å². The van der Waals surface area contributed by atoms with Gasteiger partial charge in [0.05, 0.1) is 6.10 Å².